The Balaban J connectivity index is 3.04. The fourth-order valence-electron chi connectivity index (χ4n) is 0.740. The molecule has 0 aliphatic rings. The second kappa shape index (κ2) is 3.79. The standard InChI is InChI=1S/C6H6Cl2N2O2S/c7-4-1-5(8)6(10-2-4)3-13(9,11)12/h1-2H,3H2,(H2,9,11,12). The van der Waals surface area contributed by atoms with Gasteiger partial charge < -0.3 is 0 Å². The number of sulfonamides is 1. The zero-order valence-electron chi connectivity index (χ0n) is 6.37. The summed E-state index contributed by atoms with van der Waals surface area (Å²) in [5.74, 6) is -0.386. The van der Waals surface area contributed by atoms with Crippen molar-refractivity contribution in [3.8, 4) is 0 Å². The van der Waals surface area contributed by atoms with Crippen LogP contribution in [0.4, 0.5) is 0 Å². The molecule has 4 nitrogen and oxygen atoms in total. The van der Waals surface area contributed by atoms with Gasteiger partial charge in [-0.2, -0.15) is 0 Å². The molecule has 0 atom stereocenters. The van der Waals surface area contributed by atoms with Crippen molar-refractivity contribution in [2.75, 3.05) is 0 Å². The molecule has 0 aliphatic carbocycles. The van der Waals surface area contributed by atoms with Gasteiger partial charge in [0.05, 0.1) is 15.7 Å². The summed E-state index contributed by atoms with van der Waals surface area (Å²) in [6.07, 6.45) is 1.31. The summed E-state index contributed by atoms with van der Waals surface area (Å²) in [6.45, 7) is 0. The molecule has 0 saturated heterocycles. The average Bonchev–Trinajstić information content (AvgIpc) is 1.93. The normalized spacial score (nSPS) is 11.6. The van der Waals surface area contributed by atoms with E-state index < -0.39 is 10.0 Å². The van der Waals surface area contributed by atoms with Gasteiger partial charge in [-0.3, -0.25) is 4.98 Å². The molecule has 1 aromatic heterocycles. The van der Waals surface area contributed by atoms with E-state index in [0.29, 0.717) is 5.02 Å². The number of hydrogen-bond donors (Lipinski definition) is 1. The van der Waals surface area contributed by atoms with Crippen LogP contribution in [0.1, 0.15) is 5.69 Å². The number of nitrogens with two attached hydrogens (primary N) is 1. The van der Waals surface area contributed by atoms with E-state index in [2.05, 4.69) is 4.98 Å². The van der Waals surface area contributed by atoms with Gasteiger partial charge in [0.15, 0.2) is 0 Å². The minimum absolute atomic E-state index is 0.196. The minimum atomic E-state index is -3.60. The molecule has 0 radical (unpaired) electrons. The summed E-state index contributed by atoms with van der Waals surface area (Å²) < 4.78 is 21.4. The van der Waals surface area contributed by atoms with E-state index in [1.807, 2.05) is 0 Å². The van der Waals surface area contributed by atoms with Crippen molar-refractivity contribution < 1.29 is 8.42 Å². The van der Waals surface area contributed by atoms with Crippen LogP contribution in [-0.2, 0) is 15.8 Å². The lowest BCUT2D eigenvalue weighted by Gasteiger charge is -2.00. The molecule has 72 valence electrons. The average molecular weight is 241 g/mol. The maximum atomic E-state index is 10.7. The van der Waals surface area contributed by atoms with Gasteiger partial charge in [0.2, 0.25) is 10.0 Å². The third kappa shape index (κ3) is 3.48. The molecule has 0 unspecified atom stereocenters. The zero-order valence-corrected chi connectivity index (χ0v) is 8.70. The van der Waals surface area contributed by atoms with Gasteiger partial charge in [-0.05, 0) is 6.07 Å². The number of halogens is 2. The summed E-state index contributed by atoms with van der Waals surface area (Å²) >= 11 is 11.2. The molecular formula is C6H6Cl2N2O2S. The Morgan fingerprint density at radius 3 is 2.54 bits per heavy atom. The van der Waals surface area contributed by atoms with Crippen molar-refractivity contribution in [1.82, 2.24) is 4.98 Å². The summed E-state index contributed by atoms with van der Waals surface area (Å²) in [4.78, 5) is 3.74. The van der Waals surface area contributed by atoms with Crippen LogP contribution in [0.25, 0.3) is 0 Å². The Morgan fingerprint density at radius 2 is 2.08 bits per heavy atom. The third-order valence-electron chi connectivity index (χ3n) is 1.22. The van der Waals surface area contributed by atoms with Crippen LogP contribution >= 0.6 is 23.2 Å². The Kier molecular flexibility index (Phi) is 3.13. The van der Waals surface area contributed by atoms with E-state index >= 15 is 0 Å². The Hall–Kier alpha value is -0.360. The van der Waals surface area contributed by atoms with E-state index in [1.165, 1.54) is 12.3 Å². The predicted octanol–water partition coefficient (Wildman–Crippen LogP) is 1.18. The van der Waals surface area contributed by atoms with Crippen molar-refractivity contribution in [3.63, 3.8) is 0 Å². The fourth-order valence-corrected chi connectivity index (χ4v) is 1.88. The number of pyridine rings is 1. The Labute approximate surface area is 85.7 Å². The van der Waals surface area contributed by atoms with Gasteiger partial charge in [0, 0.05) is 6.20 Å². The highest BCUT2D eigenvalue weighted by Crippen LogP contribution is 2.19. The molecule has 0 bridgehead atoms. The maximum Gasteiger partial charge on any atom is 0.214 e. The molecule has 7 heteroatoms. The van der Waals surface area contributed by atoms with Gasteiger partial charge in [0.1, 0.15) is 5.75 Å². The molecule has 2 N–H and O–H groups in total. The summed E-state index contributed by atoms with van der Waals surface area (Å²) in [5.41, 5.74) is 0.202. The number of primary sulfonamides is 1. The van der Waals surface area contributed by atoms with E-state index in [0.717, 1.165) is 0 Å². The van der Waals surface area contributed by atoms with Crippen LogP contribution in [0.2, 0.25) is 10.0 Å². The van der Waals surface area contributed by atoms with Crippen LogP contribution in [0.3, 0.4) is 0 Å². The topological polar surface area (TPSA) is 73.1 Å². The molecule has 0 fully saturated rings. The highest BCUT2D eigenvalue weighted by molar-refractivity contribution is 7.88. The van der Waals surface area contributed by atoms with Crippen LogP contribution in [0, 0.1) is 0 Å². The summed E-state index contributed by atoms with van der Waals surface area (Å²) in [7, 11) is -3.60. The SMILES string of the molecule is NS(=O)(=O)Cc1ncc(Cl)cc1Cl. The minimum Gasteiger partial charge on any atom is -0.257 e. The number of aromatic nitrogens is 1. The van der Waals surface area contributed by atoms with Crippen molar-refractivity contribution >= 4 is 33.2 Å². The van der Waals surface area contributed by atoms with E-state index in [-0.39, 0.29) is 16.5 Å². The van der Waals surface area contributed by atoms with Gasteiger partial charge in [-0.15, -0.1) is 0 Å². The van der Waals surface area contributed by atoms with Crippen LogP contribution in [0.15, 0.2) is 12.3 Å². The first-order chi connectivity index (χ1) is 5.88. The molecule has 13 heavy (non-hydrogen) atoms. The maximum absolute atomic E-state index is 10.7. The molecule has 1 rings (SSSR count). The smallest absolute Gasteiger partial charge is 0.214 e. The van der Waals surface area contributed by atoms with Gasteiger partial charge in [-0.25, -0.2) is 13.6 Å². The lowest BCUT2D eigenvalue weighted by atomic mass is 10.4. The summed E-state index contributed by atoms with van der Waals surface area (Å²) in [5, 5.41) is 5.36. The number of rotatable bonds is 2. The first-order valence-corrected chi connectivity index (χ1v) is 5.66. The number of hydrogen-bond acceptors (Lipinski definition) is 3. The van der Waals surface area contributed by atoms with Gasteiger partial charge in [0.25, 0.3) is 0 Å². The van der Waals surface area contributed by atoms with Crippen molar-refractivity contribution in [2.45, 2.75) is 5.75 Å². The first-order valence-electron chi connectivity index (χ1n) is 3.19. The van der Waals surface area contributed by atoms with Crippen molar-refractivity contribution in [1.29, 1.82) is 0 Å². The molecule has 0 spiro atoms. The van der Waals surface area contributed by atoms with Gasteiger partial charge >= 0.3 is 0 Å². The molecule has 1 aromatic rings. The second-order valence-corrected chi connectivity index (χ2v) is 4.85. The molecule has 0 aromatic carbocycles. The fraction of sp³-hybridized carbons (Fsp3) is 0.167. The Bertz CT molecular complexity index is 419. The van der Waals surface area contributed by atoms with Crippen LogP contribution < -0.4 is 5.14 Å². The van der Waals surface area contributed by atoms with Crippen molar-refractivity contribution in [2.24, 2.45) is 5.14 Å². The quantitative estimate of drug-likeness (QED) is 0.844. The molecule has 0 aliphatic heterocycles. The monoisotopic (exact) mass is 240 g/mol. The Morgan fingerprint density at radius 1 is 1.46 bits per heavy atom. The summed E-state index contributed by atoms with van der Waals surface area (Å²) in [6, 6.07) is 1.41. The van der Waals surface area contributed by atoms with E-state index in [9.17, 15) is 8.42 Å². The molecular weight excluding hydrogens is 235 g/mol. The first kappa shape index (κ1) is 10.7. The zero-order chi connectivity index (χ0) is 10.1. The van der Waals surface area contributed by atoms with Gasteiger partial charge in [-0.1, -0.05) is 23.2 Å². The second-order valence-electron chi connectivity index (χ2n) is 2.39. The molecule has 0 saturated carbocycles. The van der Waals surface area contributed by atoms with E-state index in [4.69, 9.17) is 28.3 Å². The van der Waals surface area contributed by atoms with Crippen LogP contribution in [-0.4, -0.2) is 13.4 Å². The number of nitrogens with zero attached hydrogens (tertiary/aromatic N) is 1. The van der Waals surface area contributed by atoms with Crippen LogP contribution in [0.5, 0.6) is 0 Å². The highest BCUT2D eigenvalue weighted by atomic mass is 35.5. The predicted molar refractivity (Wildman–Crippen MR) is 51.1 cm³/mol. The lowest BCUT2D eigenvalue weighted by molar-refractivity contribution is 0.596. The lowest BCUT2D eigenvalue weighted by Crippen LogP contribution is -2.15. The highest BCUT2D eigenvalue weighted by Gasteiger charge is 2.10. The van der Waals surface area contributed by atoms with E-state index in [1.54, 1.807) is 0 Å². The molecule has 0 amide bonds. The third-order valence-corrected chi connectivity index (χ3v) is 2.43. The van der Waals surface area contributed by atoms with Crippen molar-refractivity contribution in [3.05, 3.63) is 28.0 Å². The largest absolute Gasteiger partial charge is 0.257 e. The molecule has 1 heterocycles.